The molecule has 1 aromatic carbocycles. The average molecular weight is 291 g/mol. The first-order valence-electron chi connectivity index (χ1n) is 3.96. The third-order valence-corrected chi connectivity index (χ3v) is 2.88. The Labute approximate surface area is 100 Å². The van der Waals surface area contributed by atoms with Gasteiger partial charge in [-0.05, 0) is 24.3 Å². The van der Waals surface area contributed by atoms with Crippen molar-refractivity contribution >= 4 is 39.1 Å². The van der Waals surface area contributed by atoms with Crippen molar-refractivity contribution in [2.75, 3.05) is 0 Å². The first-order valence-corrected chi connectivity index (χ1v) is 5.51. The Morgan fingerprint density at radius 2 is 1.50 bits per heavy atom. The molecule has 0 amide bonds. The van der Waals surface area contributed by atoms with E-state index in [4.69, 9.17) is 23.2 Å². The highest BCUT2D eigenvalue weighted by Crippen LogP contribution is 2.32. The summed E-state index contributed by atoms with van der Waals surface area (Å²) in [7, 11) is 0. The van der Waals surface area contributed by atoms with E-state index in [1.165, 1.54) is 0 Å². The minimum absolute atomic E-state index is 0.626. The van der Waals surface area contributed by atoms with E-state index in [0.29, 0.717) is 10.0 Å². The van der Waals surface area contributed by atoms with Gasteiger partial charge in [0.2, 0.25) is 0 Å². The lowest BCUT2D eigenvalue weighted by Gasteiger charge is -2.08. The number of halogens is 3. The lowest BCUT2D eigenvalue weighted by molar-refractivity contribution is 1.08. The zero-order chi connectivity index (χ0) is 10.1. The molecule has 0 fully saturated rings. The molecule has 14 heavy (non-hydrogen) atoms. The minimum Gasteiger partial charge on any atom is -0.321 e. The van der Waals surface area contributed by atoms with Gasteiger partial charge in [0.1, 0.15) is 0 Å². The van der Waals surface area contributed by atoms with E-state index in [-0.39, 0.29) is 0 Å². The smallest absolute Gasteiger partial charge is 0.0826 e. The predicted molar refractivity (Wildman–Crippen MR) is 63.5 cm³/mol. The van der Waals surface area contributed by atoms with Crippen molar-refractivity contribution in [2.24, 2.45) is 0 Å². The predicted octanol–water partition coefficient (Wildman–Crippen LogP) is 4.55. The summed E-state index contributed by atoms with van der Waals surface area (Å²) in [5.41, 5.74) is 0.807. The standard InChI is InChI=1S/C10H6BrCl2N/c11-7-5-8(12)10(9(13)6-7)14-3-1-2-4-14/h1-6H. The Kier molecular flexibility index (Phi) is 2.86. The van der Waals surface area contributed by atoms with Crippen LogP contribution in [-0.2, 0) is 0 Å². The molecule has 0 spiro atoms. The van der Waals surface area contributed by atoms with Gasteiger partial charge in [-0.2, -0.15) is 0 Å². The van der Waals surface area contributed by atoms with Crippen LogP contribution in [-0.4, -0.2) is 4.57 Å². The summed E-state index contributed by atoms with van der Waals surface area (Å²) >= 11 is 15.5. The van der Waals surface area contributed by atoms with Gasteiger partial charge >= 0.3 is 0 Å². The van der Waals surface area contributed by atoms with Crippen molar-refractivity contribution in [2.45, 2.75) is 0 Å². The van der Waals surface area contributed by atoms with Crippen LogP contribution in [0.1, 0.15) is 0 Å². The monoisotopic (exact) mass is 289 g/mol. The minimum atomic E-state index is 0.626. The van der Waals surface area contributed by atoms with E-state index < -0.39 is 0 Å². The van der Waals surface area contributed by atoms with Gasteiger partial charge in [-0.25, -0.2) is 0 Å². The van der Waals surface area contributed by atoms with Crippen LogP contribution in [0.3, 0.4) is 0 Å². The zero-order valence-electron chi connectivity index (χ0n) is 7.05. The van der Waals surface area contributed by atoms with E-state index in [9.17, 15) is 0 Å². The number of rotatable bonds is 1. The Morgan fingerprint density at radius 1 is 1.00 bits per heavy atom. The first-order chi connectivity index (χ1) is 6.68. The maximum Gasteiger partial charge on any atom is 0.0826 e. The molecular formula is C10H6BrCl2N. The second-order valence-corrected chi connectivity index (χ2v) is 4.54. The molecule has 4 heteroatoms. The van der Waals surface area contributed by atoms with Crippen LogP contribution < -0.4 is 0 Å². The quantitative estimate of drug-likeness (QED) is 0.726. The van der Waals surface area contributed by atoms with Gasteiger partial charge in [-0.15, -0.1) is 0 Å². The van der Waals surface area contributed by atoms with Crippen molar-refractivity contribution in [1.82, 2.24) is 4.57 Å². The number of hydrogen-bond donors (Lipinski definition) is 0. The molecule has 2 aromatic rings. The molecule has 2 rings (SSSR count). The van der Waals surface area contributed by atoms with Crippen LogP contribution in [0.15, 0.2) is 41.1 Å². The van der Waals surface area contributed by atoms with Gasteiger partial charge in [-0.3, -0.25) is 0 Å². The molecular weight excluding hydrogens is 285 g/mol. The molecule has 72 valence electrons. The lowest BCUT2D eigenvalue weighted by atomic mass is 10.3. The molecule has 1 aromatic heterocycles. The lowest BCUT2D eigenvalue weighted by Crippen LogP contribution is -1.92. The molecule has 0 saturated heterocycles. The van der Waals surface area contributed by atoms with Gasteiger partial charge in [0.15, 0.2) is 0 Å². The van der Waals surface area contributed by atoms with Crippen molar-refractivity contribution in [1.29, 1.82) is 0 Å². The number of hydrogen-bond acceptors (Lipinski definition) is 0. The fraction of sp³-hybridized carbons (Fsp3) is 0. The molecule has 1 nitrogen and oxygen atoms in total. The maximum atomic E-state index is 6.09. The van der Waals surface area contributed by atoms with Crippen LogP contribution in [0, 0.1) is 0 Å². The van der Waals surface area contributed by atoms with Crippen molar-refractivity contribution in [3.8, 4) is 5.69 Å². The highest BCUT2D eigenvalue weighted by Gasteiger charge is 2.08. The topological polar surface area (TPSA) is 4.93 Å². The molecule has 0 saturated carbocycles. The molecule has 0 unspecified atom stereocenters. The first kappa shape index (κ1) is 10.1. The summed E-state index contributed by atoms with van der Waals surface area (Å²) in [6.45, 7) is 0. The van der Waals surface area contributed by atoms with E-state index >= 15 is 0 Å². The molecule has 0 aliphatic rings. The highest BCUT2D eigenvalue weighted by atomic mass is 79.9. The summed E-state index contributed by atoms with van der Waals surface area (Å²) in [5.74, 6) is 0. The summed E-state index contributed by atoms with van der Waals surface area (Å²) < 4.78 is 2.76. The summed E-state index contributed by atoms with van der Waals surface area (Å²) in [6, 6.07) is 7.49. The third kappa shape index (κ3) is 1.83. The normalized spacial score (nSPS) is 10.5. The van der Waals surface area contributed by atoms with Crippen LogP contribution in [0.25, 0.3) is 5.69 Å². The molecule has 0 radical (unpaired) electrons. The van der Waals surface area contributed by atoms with Gasteiger partial charge in [0, 0.05) is 16.9 Å². The number of aromatic nitrogens is 1. The number of benzene rings is 1. The largest absolute Gasteiger partial charge is 0.321 e. The Hall–Kier alpha value is -0.440. The van der Waals surface area contributed by atoms with Gasteiger partial charge < -0.3 is 4.57 Å². The summed E-state index contributed by atoms with van der Waals surface area (Å²) in [4.78, 5) is 0. The fourth-order valence-corrected chi connectivity index (χ4v) is 2.67. The van der Waals surface area contributed by atoms with Crippen LogP contribution in [0.2, 0.25) is 10.0 Å². The zero-order valence-corrected chi connectivity index (χ0v) is 10.1. The van der Waals surface area contributed by atoms with Gasteiger partial charge in [-0.1, -0.05) is 39.1 Å². The maximum absolute atomic E-state index is 6.09. The molecule has 0 bridgehead atoms. The van der Waals surface area contributed by atoms with Crippen molar-refractivity contribution in [3.63, 3.8) is 0 Å². The van der Waals surface area contributed by atoms with Crippen molar-refractivity contribution < 1.29 is 0 Å². The molecule has 0 aliphatic carbocycles. The summed E-state index contributed by atoms with van der Waals surface area (Å²) in [6.07, 6.45) is 3.81. The van der Waals surface area contributed by atoms with Crippen LogP contribution in [0.4, 0.5) is 0 Å². The Bertz CT molecular complexity index is 428. The highest BCUT2D eigenvalue weighted by molar-refractivity contribution is 9.10. The van der Waals surface area contributed by atoms with Crippen molar-refractivity contribution in [3.05, 3.63) is 51.2 Å². The third-order valence-electron chi connectivity index (χ3n) is 1.84. The summed E-state index contributed by atoms with van der Waals surface area (Å²) in [5, 5.41) is 1.25. The SMILES string of the molecule is Clc1cc(Br)cc(Cl)c1-n1cccc1. The second kappa shape index (κ2) is 3.97. The van der Waals surface area contributed by atoms with Crippen LogP contribution in [0.5, 0.6) is 0 Å². The van der Waals surface area contributed by atoms with E-state index in [2.05, 4.69) is 15.9 Å². The van der Waals surface area contributed by atoms with E-state index in [1.807, 2.05) is 41.2 Å². The molecule has 0 aliphatic heterocycles. The molecule has 1 heterocycles. The van der Waals surface area contributed by atoms with Crippen LogP contribution >= 0.6 is 39.1 Å². The molecule has 0 N–H and O–H groups in total. The van der Waals surface area contributed by atoms with Gasteiger partial charge in [0.25, 0.3) is 0 Å². The van der Waals surface area contributed by atoms with Gasteiger partial charge in [0.05, 0.1) is 15.7 Å². The Morgan fingerprint density at radius 3 is 2.00 bits per heavy atom. The average Bonchev–Trinajstić information content (AvgIpc) is 2.54. The fourth-order valence-electron chi connectivity index (χ4n) is 1.26. The second-order valence-electron chi connectivity index (χ2n) is 2.81. The Balaban J connectivity index is 2.64. The van der Waals surface area contributed by atoms with E-state index in [0.717, 1.165) is 10.2 Å². The van der Waals surface area contributed by atoms with E-state index in [1.54, 1.807) is 0 Å². The molecule has 0 atom stereocenters. The number of nitrogens with zero attached hydrogens (tertiary/aromatic N) is 1.